The molecule has 0 spiro atoms. The highest BCUT2D eigenvalue weighted by Crippen LogP contribution is 2.31. The zero-order valence-corrected chi connectivity index (χ0v) is 17.4. The summed E-state index contributed by atoms with van der Waals surface area (Å²) < 4.78 is 5.03. The van der Waals surface area contributed by atoms with Crippen LogP contribution in [-0.2, 0) is 19.1 Å². The lowest BCUT2D eigenvalue weighted by molar-refractivity contribution is -0.154. The van der Waals surface area contributed by atoms with Crippen LogP contribution < -0.4 is 0 Å². The summed E-state index contributed by atoms with van der Waals surface area (Å²) >= 11 is 1.42. The molecule has 2 aliphatic rings. The lowest BCUT2D eigenvalue weighted by atomic mass is 10.1. The number of carboxylic acids is 1. The fourth-order valence-corrected chi connectivity index (χ4v) is 4.87. The third-order valence-electron chi connectivity index (χ3n) is 5.12. The summed E-state index contributed by atoms with van der Waals surface area (Å²) in [5, 5.41) is 9.37. The van der Waals surface area contributed by atoms with Gasteiger partial charge in [0.05, 0.1) is 23.1 Å². The predicted molar refractivity (Wildman–Crippen MR) is 107 cm³/mol. The van der Waals surface area contributed by atoms with Crippen molar-refractivity contribution < 1.29 is 33.8 Å². The number of hydrogen-bond donors (Lipinski definition) is 1. The molecule has 0 bridgehead atoms. The third kappa shape index (κ3) is 3.91. The van der Waals surface area contributed by atoms with Crippen LogP contribution in [0.25, 0.3) is 0 Å². The maximum absolute atomic E-state index is 12.8. The van der Waals surface area contributed by atoms with Gasteiger partial charge in [0.25, 0.3) is 11.8 Å². The highest BCUT2D eigenvalue weighted by atomic mass is 32.2. The van der Waals surface area contributed by atoms with Crippen molar-refractivity contribution in [2.24, 2.45) is 0 Å². The van der Waals surface area contributed by atoms with Crippen LogP contribution >= 0.6 is 11.8 Å². The quantitative estimate of drug-likeness (QED) is 0.504. The van der Waals surface area contributed by atoms with E-state index >= 15 is 0 Å². The summed E-state index contributed by atoms with van der Waals surface area (Å²) in [4.78, 5) is 64.1. The number of fused-ring (bicyclic) bond motifs is 1. The summed E-state index contributed by atoms with van der Waals surface area (Å²) in [6.45, 7) is 3.65. The number of amides is 3. The highest BCUT2D eigenvalue weighted by molar-refractivity contribution is 8.00. The van der Waals surface area contributed by atoms with Crippen LogP contribution in [-0.4, -0.2) is 74.4 Å². The molecule has 3 amide bonds. The van der Waals surface area contributed by atoms with E-state index in [0.29, 0.717) is 10.7 Å². The standard InChI is InChI=1S/C20H22N2O7S/c1-3-29-20(28)15-10-30-11(2)21(15)16(23)9-8-14(19(26)27)22-17(24)12-6-4-5-7-13(12)18(22)25/h4-7,11,14-15H,3,8-10H2,1-2H3,(H,26,27)/t11?,14-,15+/m1/s1. The zero-order valence-electron chi connectivity index (χ0n) is 16.6. The molecule has 1 unspecified atom stereocenters. The zero-order chi connectivity index (χ0) is 22.0. The van der Waals surface area contributed by atoms with E-state index in [4.69, 9.17) is 4.74 Å². The number of esters is 1. The SMILES string of the molecule is CCOC(=O)[C@@H]1CSC(C)N1C(=O)CC[C@H](C(=O)O)N1C(=O)c2ccccc2C1=O. The molecular weight excluding hydrogens is 412 g/mol. The fourth-order valence-electron chi connectivity index (χ4n) is 3.68. The van der Waals surface area contributed by atoms with Gasteiger partial charge in [0.2, 0.25) is 5.91 Å². The van der Waals surface area contributed by atoms with Crippen LogP contribution in [0.4, 0.5) is 0 Å². The van der Waals surface area contributed by atoms with Crippen molar-refractivity contribution in [1.82, 2.24) is 9.80 Å². The van der Waals surface area contributed by atoms with E-state index in [-0.39, 0.29) is 35.9 Å². The van der Waals surface area contributed by atoms with Gasteiger partial charge in [-0.1, -0.05) is 12.1 Å². The molecule has 160 valence electrons. The number of nitrogens with zero attached hydrogens (tertiary/aromatic N) is 2. The predicted octanol–water partition coefficient (Wildman–Crippen LogP) is 1.37. The Labute approximate surface area is 177 Å². The van der Waals surface area contributed by atoms with Gasteiger partial charge in [-0.2, -0.15) is 0 Å². The summed E-state index contributed by atoms with van der Waals surface area (Å²) in [7, 11) is 0. The average Bonchev–Trinajstić information content (AvgIpc) is 3.21. The van der Waals surface area contributed by atoms with Gasteiger partial charge in [0.15, 0.2) is 0 Å². The van der Waals surface area contributed by atoms with Gasteiger partial charge in [0, 0.05) is 12.2 Å². The van der Waals surface area contributed by atoms with Gasteiger partial charge in [0.1, 0.15) is 12.1 Å². The molecule has 0 radical (unpaired) electrons. The molecule has 1 aromatic carbocycles. The number of carboxylic acid groups (broad SMARTS) is 1. The van der Waals surface area contributed by atoms with E-state index in [1.54, 1.807) is 26.0 Å². The second kappa shape index (κ2) is 8.86. The van der Waals surface area contributed by atoms with Crippen LogP contribution in [0.15, 0.2) is 24.3 Å². The van der Waals surface area contributed by atoms with Crippen LogP contribution in [0.1, 0.15) is 47.4 Å². The van der Waals surface area contributed by atoms with Crippen LogP contribution in [0, 0.1) is 0 Å². The average molecular weight is 434 g/mol. The number of ether oxygens (including phenoxy) is 1. The van der Waals surface area contributed by atoms with E-state index in [1.165, 1.54) is 28.8 Å². The molecule has 10 heteroatoms. The minimum absolute atomic E-state index is 0.145. The first-order chi connectivity index (χ1) is 14.3. The van der Waals surface area contributed by atoms with Crippen molar-refractivity contribution in [3.05, 3.63) is 35.4 Å². The number of benzene rings is 1. The Balaban J connectivity index is 1.73. The summed E-state index contributed by atoms with van der Waals surface area (Å²) in [5.41, 5.74) is 0.291. The van der Waals surface area contributed by atoms with E-state index in [9.17, 15) is 29.1 Å². The van der Waals surface area contributed by atoms with Crippen LogP contribution in [0.3, 0.4) is 0 Å². The molecule has 30 heavy (non-hydrogen) atoms. The molecule has 9 nitrogen and oxygen atoms in total. The fraction of sp³-hybridized carbons (Fsp3) is 0.450. The normalized spacial score (nSPS) is 21.5. The number of imide groups is 1. The number of carbonyl (C=O) groups is 5. The molecule has 1 aromatic rings. The second-order valence-corrected chi connectivity index (χ2v) is 8.27. The maximum Gasteiger partial charge on any atom is 0.329 e. The number of hydrogen-bond acceptors (Lipinski definition) is 7. The lowest BCUT2D eigenvalue weighted by Gasteiger charge is -2.28. The lowest BCUT2D eigenvalue weighted by Crippen LogP contribution is -2.48. The summed E-state index contributed by atoms with van der Waals surface area (Å²) in [5.74, 6) is -3.28. The minimum atomic E-state index is -1.48. The third-order valence-corrected chi connectivity index (χ3v) is 6.34. The molecular formula is C20H22N2O7S. The smallest absolute Gasteiger partial charge is 0.329 e. The molecule has 2 aliphatic heterocycles. The van der Waals surface area contributed by atoms with Crippen molar-refractivity contribution in [2.75, 3.05) is 12.4 Å². The Hall–Kier alpha value is -2.88. The monoisotopic (exact) mass is 434 g/mol. The summed E-state index contributed by atoms with van der Waals surface area (Å²) in [6.07, 6.45) is -0.478. The first-order valence-electron chi connectivity index (χ1n) is 9.57. The Kier molecular flexibility index (Phi) is 6.45. The molecule has 0 aromatic heterocycles. The Morgan fingerprint density at radius 1 is 1.20 bits per heavy atom. The molecule has 1 fully saturated rings. The van der Waals surface area contributed by atoms with Gasteiger partial charge in [-0.15, -0.1) is 11.8 Å². The molecule has 0 saturated carbocycles. The minimum Gasteiger partial charge on any atom is -0.480 e. The van der Waals surface area contributed by atoms with Gasteiger partial charge in [-0.3, -0.25) is 19.3 Å². The number of rotatable bonds is 7. The van der Waals surface area contributed by atoms with Crippen molar-refractivity contribution in [1.29, 1.82) is 0 Å². The topological polar surface area (TPSA) is 121 Å². The first kappa shape index (κ1) is 21.8. The molecule has 1 N–H and O–H groups in total. The number of carbonyl (C=O) groups excluding carboxylic acids is 4. The summed E-state index contributed by atoms with van der Waals surface area (Å²) in [6, 6.07) is 3.90. The molecule has 0 aliphatic carbocycles. The molecule has 1 saturated heterocycles. The van der Waals surface area contributed by atoms with Crippen molar-refractivity contribution in [3.63, 3.8) is 0 Å². The van der Waals surface area contributed by atoms with Crippen molar-refractivity contribution in [2.45, 2.75) is 44.1 Å². The van der Waals surface area contributed by atoms with E-state index in [1.807, 2.05) is 0 Å². The van der Waals surface area contributed by atoms with Gasteiger partial charge < -0.3 is 14.7 Å². The van der Waals surface area contributed by atoms with Gasteiger partial charge in [-0.05, 0) is 32.4 Å². The molecule has 3 atom stereocenters. The molecule has 3 rings (SSSR count). The Bertz CT molecular complexity index is 868. The van der Waals surface area contributed by atoms with Gasteiger partial charge in [-0.25, -0.2) is 9.59 Å². The Morgan fingerprint density at radius 3 is 2.33 bits per heavy atom. The van der Waals surface area contributed by atoms with Crippen molar-refractivity contribution >= 4 is 41.4 Å². The van der Waals surface area contributed by atoms with E-state index < -0.39 is 41.7 Å². The highest BCUT2D eigenvalue weighted by Gasteiger charge is 2.44. The van der Waals surface area contributed by atoms with Gasteiger partial charge >= 0.3 is 11.9 Å². The number of aliphatic carboxylic acids is 1. The maximum atomic E-state index is 12.8. The Morgan fingerprint density at radius 2 is 1.80 bits per heavy atom. The van der Waals surface area contributed by atoms with E-state index in [2.05, 4.69) is 0 Å². The van der Waals surface area contributed by atoms with Crippen molar-refractivity contribution in [3.8, 4) is 0 Å². The molecule has 2 heterocycles. The largest absolute Gasteiger partial charge is 0.480 e. The number of thioether (sulfide) groups is 1. The second-order valence-electron chi connectivity index (χ2n) is 6.92. The van der Waals surface area contributed by atoms with E-state index in [0.717, 1.165) is 0 Å². The van der Waals surface area contributed by atoms with Crippen LogP contribution in [0.2, 0.25) is 0 Å². The first-order valence-corrected chi connectivity index (χ1v) is 10.6. The van der Waals surface area contributed by atoms with Crippen LogP contribution in [0.5, 0.6) is 0 Å².